The number of anilines is 1. The Hall–Kier alpha value is -1.69. The van der Waals surface area contributed by atoms with Crippen molar-refractivity contribution in [1.29, 1.82) is 0 Å². The van der Waals surface area contributed by atoms with Crippen LogP contribution in [0.5, 0.6) is 0 Å². The summed E-state index contributed by atoms with van der Waals surface area (Å²) in [4.78, 5) is 25.1. The molecular formula is C9H7BrN2O3. The van der Waals surface area contributed by atoms with Gasteiger partial charge in [-0.25, -0.2) is 9.78 Å². The number of carbonyl (C=O) groups is 2. The van der Waals surface area contributed by atoms with Crippen LogP contribution in [0.15, 0.2) is 35.0 Å². The first-order valence-electron chi connectivity index (χ1n) is 3.91. The Morgan fingerprint density at radius 3 is 2.80 bits per heavy atom. The zero-order valence-electron chi connectivity index (χ0n) is 7.48. The van der Waals surface area contributed by atoms with Crippen LogP contribution >= 0.6 is 15.9 Å². The number of nitrogens with one attached hydrogen (secondary N) is 1. The van der Waals surface area contributed by atoms with Gasteiger partial charge in [-0.2, -0.15) is 0 Å². The number of rotatable bonds is 3. The SMILES string of the molecule is O=C(O)C=CC(=O)Nc1cc(Br)ccn1. The zero-order valence-corrected chi connectivity index (χ0v) is 9.06. The topological polar surface area (TPSA) is 79.3 Å². The van der Waals surface area contributed by atoms with E-state index in [2.05, 4.69) is 26.2 Å². The van der Waals surface area contributed by atoms with Gasteiger partial charge < -0.3 is 10.4 Å². The van der Waals surface area contributed by atoms with E-state index in [1.165, 1.54) is 6.20 Å². The van der Waals surface area contributed by atoms with Crippen molar-refractivity contribution in [2.24, 2.45) is 0 Å². The van der Waals surface area contributed by atoms with Crippen LogP contribution in [0.3, 0.4) is 0 Å². The first kappa shape index (κ1) is 11.4. The number of pyridine rings is 1. The first-order valence-corrected chi connectivity index (χ1v) is 4.71. The maximum atomic E-state index is 11.1. The third kappa shape index (κ3) is 4.37. The van der Waals surface area contributed by atoms with Crippen molar-refractivity contribution in [3.63, 3.8) is 0 Å². The molecule has 0 saturated heterocycles. The Balaban J connectivity index is 2.63. The molecule has 0 aliphatic rings. The highest BCUT2D eigenvalue weighted by Crippen LogP contribution is 2.12. The van der Waals surface area contributed by atoms with Crippen LogP contribution in [0, 0.1) is 0 Å². The van der Waals surface area contributed by atoms with Crippen LogP contribution in [-0.2, 0) is 9.59 Å². The van der Waals surface area contributed by atoms with Gasteiger partial charge >= 0.3 is 5.97 Å². The maximum absolute atomic E-state index is 11.1. The molecule has 0 radical (unpaired) electrons. The third-order valence-electron chi connectivity index (χ3n) is 1.35. The van der Waals surface area contributed by atoms with Crippen molar-refractivity contribution >= 4 is 33.6 Å². The standard InChI is InChI=1S/C9H7BrN2O3/c10-6-3-4-11-7(5-6)12-8(13)1-2-9(14)15/h1-5H,(H,14,15)(H,11,12,13). The van der Waals surface area contributed by atoms with E-state index in [4.69, 9.17) is 5.11 Å². The van der Waals surface area contributed by atoms with Gasteiger partial charge in [0, 0.05) is 22.8 Å². The summed E-state index contributed by atoms with van der Waals surface area (Å²) in [6.45, 7) is 0. The molecule has 1 heterocycles. The van der Waals surface area contributed by atoms with Crippen molar-refractivity contribution in [3.05, 3.63) is 35.0 Å². The van der Waals surface area contributed by atoms with E-state index in [1.54, 1.807) is 12.1 Å². The van der Waals surface area contributed by atoms with Gasteiger partial charge in [0.1, 0.15) is 5.82 Å². The van der Waals surface area contributed by atoms with Crippen molar-refractivity contribution < 1.29 is 14.7 Å². The quantitative estimate of drug-likeness (QED) is 0.815. The summed E-state index contributed by atoms with van der Waals surface area (Å²) in [6.07, 6.45) is 3.19. The van der Waals surface area contributed by atoms with E-state index in [0.29, 0.717) is 5.82 Å². The lowest BCUT2D eigenvalue weighted by molar-refractivity contribution is -0.131. The lowest BCUT2D eigenvalue weighted by Gasteiger charge is -2.00. The van der Waals surface area contributed by atoms with Crippen LogP contribution in [0.1, 0.15) is 0 Å². The normalized spacial score (nSPS) is 10.2. The zero-order chi connectivity index (χ0) is 11.3. The predicted molar refractivity (Wildman–Crippen MR) is 57.3 cm³/mol. The molecule has 0 aromatic carbocycles. The molecule has 1 aromatic heterocycles. The summed E-state index contributed by atoms with van der Waals surface area (Å²) in [5.41, 5.74) is 0. The molecule has 0 fully saturated rings. The first-order chi connectivity index (χ1) is 7.08. The minimum Gasteiger partial charge on any atom is -0.478 e. The molecular weight excluding hydrogens is 264 g/mol. The number of aliphatic carboxylic acids is 1. The van der Waals surface area contributed by atoms with E-state index in [9.17, 15) is 9.59 Å². The number of hydrogen-bond acceptors (Lipinski definition) is 3. The number of halogens is 1. The van der Waals surface area contributed by atoms with Gasteiger partial charge in [0.25, 0.3) is 0 Å². The largest absolute Gasteiger partial charge is 0.478 e. The highest BCUT2D eigenvalue weighted by molar-refractivity contribution is 9.10. The van der Waals surface area contributed by atoms with Crippen LogP contribution < -0.4 is 5.32 Å². The summed E-state index contributed by atoms with van der Waals surface area (Å²) < 4.78 is 0.773. The van der Waals surface area contributed by atoms with Gasteiger partial charge in [0.2, 0.25) is 5.91 Å². The van der Waals surface area contributed by atoms with Crippen molar-refractivity contribution in [3.8, 4) is 0 Å². The summed E-state index contributed by atoms with van der Waals surface area (Å²) in [5, 5.41) is 10.7. The monoisotopic (exact) mass is 270 g/mol. The third-order valence-corrected chi connectivity index (χ3v) is 1.84. The Bertz CT molecular complexity index is 418. The molecule has 0 atom stereocenters. The van der Waals surface area contributed by atoms with Crippen LogP contribution in [0.25, 0.3) is 0 Å². The highest BCUT2D eigenvalue weighted by atomic mass is 79.9. The summed E-state index contributed by atoms with van der Waals surface area (Å²) in [7, 11) is 0. The Morgan fingerprint density at radius 1 is 1.47 bits per heavy atom. The van der Waals surface area contributed by atoms with E-state index in [-0.39, 0.29) is 0 Å². The molecule has 1 amide bonds. The molecule has 0 unspecified atom stereocenters. The molecule has 2 N–H and O–H groups in total. The molecule has 78 valence electrons. The Morgan fingerprint density at radius 2 is 2.20 bits per heavy atom. The Kier molecular flexibility index (Phi) is 3.99. The molecule has 0 spiro atoms. The van der Waals surface area contributed by atoms with Gasteiger partial charge in [-0.1, -0.05) is 15.9 Å². The smallest absolute Gasteiger partial charge is 0.328 e. The number of nitrogens with zero attached hydrogens (tertiary/aromatic N) is 1. The molecule has 15 heavy (non-hydrogen) atoms. The van der Waals surface area contributed by atoms with Crippen LogP contribution in [0.2, 0.25) is 0 Å². The predicted octanol–water partition coefficient (Wildman–Crippen LogP) is 1.42. The van der Waals surface area contributed by atoms with Gasteiger partial charge in [-0.05, 0) is 12.1 Å². The second-order valence-corrected chi connectivity index (χ2v) is 3.44. The molecule has 0 bridgehead atoms. The lowest BCUT2D eigenvalue weighted by Crippen LogP contribution is -2.09. The average molecular weight is 271 g/mol. The average Bonchev–Trinajstić information content (AvgIpc) is 2.15. The van der Waals surface area contributed by atoms with Crippen molar-refractivity contribution in [1.82, 2.24) is 4.98 Å². The molecule has 1 aromatic rings. The van der Waals surface area contributed by atoms with Gasteiger partial charge in [-0.3, -0.25) is 4.79 Å². The number of carboxylic acid groups (broad SMARTS) is 1. The number of carbonyl (C=O) groups excluding carboxylic acids is 1. The van der Waals surface area contributed by atoms with Crippen LogP contribution in [-0.4, -0.2) is 22.0 Å². The number of hydrogen-bond donors (Lipinski definition) is 2. The maximum Gasteiger partial charge on any atom is 0.328 e. The van der Waals surface area contributed by atoms with Gasteiger partial charge in [0.05, 0.1) is 0 Å². The van der Waals surface area contributed by atoms with Gasteiger partial charge in [-0.15, -0.1) is 0 Å². The van der Waals surface area contributed by atoms with Crippen LogP contribution in [0.4, 0.5) is 5.82 Å². The fourth-order valence-corrected chi connectivity index (χ4v) is 1.12. The van der Waals surface area contributed by atoms with E-state index in [1.807, 2.05) is 0 Å². The van der Waals surface area contributed by atoms with E-state index < -0.39 is 11.9 Å². The summed E-state index contributed by atoms with van der Waals surface area (Å²) >= 11 is 3.21. The molecule has 0 saturated carbocycles. The summed E-state index contributed by atoms with van der Waals surface area (Å²) in [6, 6.07) is 3.31. The minimum absolute atomic E-state index is 0.351. The summed E-state index contributed by atoms with van der Waals surface area (Å²) in [5.74, 6) is -1.36. The fourth-order valence-electron chi connectivity index (χ4n) is 0.788. The lowest BCUT2D eigenvalue weighted by atomic mass is 10.4. The second-order valence-electron chi connectivity index (χ2n) is 2.52. The minimum atomic E-state index is -1.17. The van der Waals surface area contributed by atoms with Crippen molar-refractivity contribution in [2.75, 3.05) is 5.32 Å². The number of amides is 1. The molecule has 1 rings (SSSR count). The van der Waals surface area contributed by atoms with E-state index in [0.717, 1.165) is 16.6 Å². The van der Waals surface area contributed by atoms with E-state index >= 15 is 0 Å². The Labute approximate surface area is 94.0 Å². The number of carboxylic acids is 1. The molecule has 6 heteroatoms. The number of aromatic nitrogens is 1. The fraction of sp³-hybridized carbons (Fsp3) is 0. The van der Waals surface area contributed by atoms with Gasteiger partial charge in [0.15, 0.2) is 0 Å². The van der Waals surface area contributed by atoms with Crippen molar-refractivity contribution in [2.45, 2.75) is 0 Å². The molecule has 5 nitrogen and oxygen atoms in total. The molecule has 0 aliphatic heterocycles. The second kappa shape index (κ2) is 5.26. The molecule has 0 aliphatic carbocycles. The highest BCUT2D eigenvalue weighted by Gasteiger charge is 1.99.